The third kappa shape index (κ3) is 5.69. The van der Waals surface area contributed by atoms with Gasteiger partial charge < -0.3 is 4.74 Å². The van der Waals surface area contributed by atoms with Crippen molar-refractivity contribution in [1.29, 1.82) is 0 Å². The minimum absolute atomic E-state index is 0.245. The van der Waals surface area contributed by atoms with Gasteiger partial charge in [0.1, 0.15) is 12.4 Å². The summed E-state index contributed by atoms with van der Waals surface area (Å²) in [5.41, 5.74) is 5.99. The van der Waals surface area contributed by atoms with E-state index in [0.29, 0.717) is 17.2 Å². The highest BCUT2D eigenvalue weighted by Crippen LogP contribution is 2.15. The van der Waals surface area contributed by atoms with Crippen LogP contribution < -0.4 is 10.2 Å². The van der Waals surface area contributed by atoms with E-state index in [0.717, 1.165) is 22.4 Å². The molecular weight excluding hydrogens is 360 g/mol. The molecule has 3 aromatic rings. The number of carbonyl (C=O) groups excluding carboxylic acids is 1. The summed E-state index contributed by atoms with van der Waals surface area (Å²) in [6.45, 7) is 2.39. The van der Waals surface area contributed by atoms with Crippen LogP contribution in [0.3, 0.4) is 0 Å². The Hall–Kier alpha value is -3.11. The number of halogens is 1. The van der Waals surface area contributed by atoms with E-state index in [1.54, 1.807) is 12.3 Å². The van der Waals surface area contributed by atoms with Crippen LogP contribution in [0.15, 0.2) is 77.9 Å². The molecule has 0 unspecified atom stereocenters. The normalized spacial score (nSPS) is 10.7. The number of hydrazone groups is 1. The van der Waals surface area contributed by atoms with Gasteiger partial charge in [-0.15, -0.1) is 0 Å². The number of nitrogens with zero attached hydrogens (tertiary/aromatic N) is 1. The first-order valence-electron chi connectivity index (χ1n) is 8.47. The molecule has 0 aliphatic carbocycles. The van der Waals surface area contributed by atoms with Gasteiger partial charge >= 0.3 is 0 Å². The van der Waals surface area contributed by atoms with Crippen molar-refractivity contribution in [2.24, 2.45) is 5.10 Å². The zero-order valence-electron chi connectivity index (χ0n) is 14.9. The first-order valence-corrected chi connectivity index (χ1v) is 8.85. The van der Waals surface area contributed by atoms with Gasteiger partial charge in [0.15, 0.2) is 0 Å². The van der Waals surface area contributed by atoms with Crippen LogP contribution in [0.25, 0.3) is 0 Å². The van der Waals surface area contributed by atoms with Gasteiger partial charge in [-0.1, -0.05) is 53.6 Å². The molecule has 0 saturated heterocycles. The smallest absolute Gasteiger partial charge is 0.271 e. The van der Waals surface area contributed by atoms with Gasteiger partial charge in [0.05, 0.1) is 6.21 Å². The van der Waals surface area contributed by atoms with Crippen LogP contribution in [0.1, 0.15) is 27.0 Å². The van der Waals surface area contributed by atoms with Crippen molar-refractivity contribution < 1.29 is 9.53 Å². The van der Waals surface area contributed by atoms with E-state index in [4.69, 9.17) is 16.3 Å². The number of carbonyl (C=O) groups is 1. The topological polar surface area (TPSA) is 50.7 Å². The van der Waals surface area contributed by atoms with Crippen LogP contribution in [-0.2, 0) is 6.61 Å². The Bertz CT molecular complexity index is 953. The molecule has 0 spiro atoms. The Labute approximate surface area is 163 Å². The van der Waals surface area contributed by atoms with Crippen molar-refractivity contribution in [3.63, 3.8) is 0 Å². The summed E-state index contributed by atoms with van der Waals surface area (Å²) in [6, 6.07) is 22.4. The van der Waals surface area contributed by atoms with Gasteiger partial charge in [0.2, 0.25) is 0 Å². The second-order valence-electron chi connectivity index (χ2n) is 6.06. The molecule has 0 fully saturated rings. The summed E-state index contributed by atoms with van der Waals surface area (Å²) in [7, 11) is 0. The molecule has 0 aliphatic heterocycles. The van der Waals surface area contributed by atoms with Crippen molar-refractivity contribution in [3.05, 3.63) is 100 Å². The maximum absolute atomic E-state index is 12.1. The van der Waals surface area contributed by atoms with E-state index in [9.17, 15) is 4.79 Å². The maximum Gasteiger partial charge on any atom is 0.271 e. The Morgan fingerprint density at radius 2 is 1.85 bits per heavy atom. The van der Waals surface area contributed by atoms with Gasteiger partial charge in [-0.2, -0.15) is 5.10 Å². The molecule has 0 aromatic heterocycles. The van der Waals surface area contributed by atoms with E-state index >= 15 is 0 Å². The largest absolute Gasteiger partial charge is 0.489 e. The number of benzene rings is 3. The molecule has 136 valence electrons. The lowest BCUT2D eigenvalue weighted by molar-refractivity contribution is 0.0955. The van der Waals surface area contributed by atoms with E-state index in [-0.39, 0.29) is 5.91 Å². The summed E-state index contributed by atoms with van der Waals surface area (Å²) in [5.74, 6) is 0.476. The molecular formula is C22H19ClN2O2. The van der Waals surface area contributed by atoms with Gasteiger partial charge in [0, 0.05) is 10.6 Å². The van der Waals surface area contributed by atoms with Crippen molar-refractivity contribution in [2.45, 2.75) is 13.5 Å². The number of hydrogen-bond donors (Lipinski definition) is 1. The van der Waals surface area contributed by atoms with E-state index < -0.39 is 0 Å². The van der Waals surface area contributed by atoms with Crippen LogP contribution in [0.2, 0.25) is 5.02 Å². The number of hydrogen-bond acceptors (Lipinski definition) is 3. The molecule has 1 N–H and O–H groups in total. The fourth-order valence-electron chi connectivity index (χ4n) is 2.45. The lowest BCUT2D eigenvalue weighted by Crippen LogP contribution is -2.17. The highest BCUT2D eigenvalue weighted by Gasteiger charge is 2.03. The van der Waals surface area contributed by atoms with Crippen molar-refractivity contribution in [3.8, 4) is 5.75 Å². The molecule has 3 aromatic carbocycles. The van der Waals surface area contributed by atoms with Crippen LogP contribution in [-0.4, -0.2) is 12.1 Å². The highest BCUT2D eigenvalue weighted by atomic mass is 35.5. The molecule has 1 amide bonds. The summed E-state index contributed by atoms with van der Waals surface area (Å²) in [5, 5.41) is 4.72. The fraction of sp³-hybridized carbons (Fsp3) is 0.0909. The zero-order valence-corrected chi connectivity index (χ0v) is 15.6. The molecule has 3 rings (SSSR count). The van der Waals surface area contributed by atoms with Gasteiger partial charge in [-0.05, 0) is 54.4 Å². The lowest BCUT2D eigenvalue weighted by Gasteiger charge is -2.07. The molecule has 0 atom stereocenters. The van der Waals surface area contributed by atoms with Crippen LogP contribution >= 0.6 is 11.6 Å². The third-order valence-corrected chi connectivity index (χ3v) is 4.09. The SMILES string of the molecule is Cc1cccc(C(=O)NN=Cc2cccc(OCc3ccc(Cl)cc3)c2)c1. The molecule has 4 nitrogen and oxygen atoms in total. The number of aryl methyl sites for hydroxylation is 1. The minimum Gasteiger partial charge on any atom is -0.489 e. The highest BCUT2D eigenvalue weighted by molar-refractivity contribution is 6.30. The number of ether oxygens (including phenoxy) is 1. The quantitative estimate of drug-likeness (QED) is 0.485. The second-order valence-corrected chi connectivity index (χ2v) is 6.49. The summed E-state index contributed by atoms with van der Waals surface area (Å²) in [6.07, 6.45) is 1.59. The predicted octanol–water partition coefficient (Wildman–Crippen LogP) is 4.99. The van der Waals surface area contributed by atoms with Gasteiger partial charge in [0.25, 0.3) is 5.91 Å². The minimum atomic E-state index is -0.245. The van der Waals surface area contributed by atoms with Crippen molar-refractivity contribution in [1.82, 2.24) is 5.43 Å². The van der Waals surface area contributed by atoms with Crippen molar-refractivity contribution >= 4 is 23.7 Å². The van der Waals surface area contributed by atoms with Crippen LogP contribution in [0.4, 0.5) is 0 Å². The lowest BCUT2D eigenvalue weighted by atomic mass is 10.1. The summed E-state index contributed by atoms with van der Waals surface area (Å²) < 4.78 is 5.79. The van der Waals surface area contributed by atoms with Gasteiger partial charge in [-0.25, -0.2) is 5.43 Å². The third-order valence-electron chi connectivity index (χ3n) is 3.84. The number of rotatable bonds is 6. The molecule has 0 bridgehead atoms. The number of amides is 1. The van der Waals surface area contributed by atoms with E-state index in [2.05, 4.69) is 10.5 Å². The Morgan fingerprint density at radius 3 is 2.63 bits per heavy atom. The Morgan fingerprint density at radius 1 is 1.07 bits per heavy atom. The summed E-state index contributed by atoms with van der Waals surface area (Å²) >= 11 is 5.88. The maximum atomic E-state index is 12.1. The molecule has 0 saturated carbocycles. The summed E-state index contributed by atoms with van der Waals surface area (Å²) in [4.78, 5) is 12.1. The standard InChI is InChI=1S/C22H19ClN2O2/c1-16-4-2-6-19(12-16)22(26)25-24-14-18-5-3-7-21(13-18)27-15-17-8-10-20(23)11-9-17/h2-14H,15H2,1H3,(H,25,26). The van der Waals surface area contributed by atoms with E-state index in [1.165, 1.54) is 0 Å². The molecule has 0 radical (unpaired) electrons. The van der Waals surface area contributed by atoms with Crippen LogP contribution in [0, 0.1) is 6.92 Å². The monoisotopic (exact) mass is 378 g/mol. The molecule has 0 heterocycles. The average Bonchev–Trinajstić information content (AvgIpc) is 2.68. The average molecular weight is 379 g/mol. The van der Waals surface area contributed by atoms with E-state index in [1.807, 2.05) is 73.7 Å². The molecule has 27 heavy (non-hydrogen) atoms. The predicted molar refractivity (Wildman–Crippen MR) is 108 cm³/mol. The molecule has 5 heteroatoms. The first-order chi connectivity index (χ1) is 13.1. The molecule has 0 aliphatic rings. The second kappa shape index (κ2) is 9.01. The van der Waals surface area contributed by atoms with Gasteiger partial charge in [-0.3, -0.25) is 4.79 Å². The Balaban J connectivity index is 1.57. The van der Waals surface area contributed by atoms with Crippen molar-refractivity contribution in [2.75, 3.05) is 0 Å². The Kier molecular flexibility index (Phi) is 6.23. The number of nitrogens with one attached hydrogen (secondary N) is 1. The zero-order chi connectivity index (χ0) is 19.1. The van der Waals surface area contributed by atoms with Crippen LogP contribution in [0.5, 0.6) is 5.75 Å². The fourth-order valence-corrected chi connectivity index (χ4v) is 2.57. The first kappa shape index (κ1) is 18.7.